The van der Waals surface area contributed by atoms with Crippen molar-refractivity contribution in [1.82, 2.24) is 0 Å². The summed E-state index contributed by atoms with van der Waals surface area (Å²) in [7, 11) is 0. The number of rotatable bonds is 9. The molecule has 1 aliphatic rings. The molecule has 0 saturated carbocycles. The van der Waals surface area contributed by atoms with Crippen LogP contribution in [-0.2, 0) is 0 Å². The second kappa shape index (κ2) is 9.28. The van der Waals surface area contributed by atoms with Crippen LogP contribution in [0.3, 0.4) is 0 Å². The highest BCUT2D eigenvalue weighted by atomic mass is 14.2. The molecule has 4 atom stereocenters. The van der Waals surface area contributed by atoms with E-state index in [1.165, 1.54) is 44.1 Å². The first-order valence-corrected chi connectivity index (χ1v) is 8.92. The van der Waals surface area contributed by atoms with E-state index in [0.29, 0.717) is 5.92 Å². The molecule has 0 amide bonds. The molecule has 21 heavy (non-hydrogen) atoms. The lowest BCUT2D eigenvalue weighted by atomic mass is 9.82. The lowest BCUT2D eigenvalue weighted by Crippen LogP contribution is -2.12. The Morgan fingerprint density at radius 1 is 0.952 bits per heavy atom. The number of allylic oxidation sites excluding steroid dienone is 5. The van der Waals surface area contributed by atoms with E-state index >= 15 is 0 Å². The first-order chi connectivity index (χ1) is 9.93. The fourth-order valence-electron chi connectivity index (χ4n) is 3.08. The van der Waals surface area contributed by atoms with Gasteiger partial charge in [-0.1, -0.05) is 57.1 Å². The Kier molecular flexibility index (Phi) is 8.07. The first-order valence-electron chi connectivity index (χ1n) is 8.92. The molecule has 0 aliphatic heterocycles. The normalized spacial score (nSPS) is 21.0. The van der Waals surface area contributed by atoms with Gasteiger partial charge in [0, 0.05) is 0 Å². The van der Waals surface area contributed by atoms with Crippen LogP contribution in [0.4, 0.5) is 0 Å². The van der Waals surface area contributed by atoms with Gasteiger partial charge in [0.2, 0.25) is 0 Å². The smallest absolute Gasteiger partial charge is 0.0228 e. The summed E-state index contributed by atoms with van der Waals surface area (Å²) in [6.07, 6.45) is 14.7. The SMILES string of the molecule is C=CC(C)CCC(C)C(C)CCC(C)C1=CC=C(C)CC1. The Balaban J connectivity index is 2.31. The summed E-state index contributed by atoms with van der Waals surface area (Å²) in [4.78, 5) is 0. The van der Waals surface area contributed by atoms with Crippen molar-refractivity contribution in [2.75, 3.05) is 0 Å². The molecule has 0 N–H and O–H groups in total. The standard InChI is InChI=1S/C21H36/c1-7-16(2)8-11-18(4)19(5)12-13-20(6)21-14-9-17(3)10-15-21/h7,9,14,16,18-20H,1,8,10-13,15H2,2-6H3. The predicted molar refractivity (Wildman–Crippen MR) is 96.4 cm³/mol. The summed E-state index contributed by atoms with van der Waals surface area (Å²) in [5, 5.41) is 0. The van der Waals surface area contributed by atoms with Crippen LogP contribution in [0, 0.1) is 23.7 Å². The molecule has 0 radical (unpaired) electrons. The topological polar surface area (TPSA) is 0 Å². The minimum Gasteiger partial charge on any atom is -0.103 e. The third-order valence-corrected chi connectivity index (χ3v) is 5.53. The van der Waals surface area contributed by atoms with Crippen molar-refractivity contribution < 1.29 is 0 Å². The molecule has 0 aromatic rings. The van der Waals surface area contributed by atoms with Crippen molar-refractivity contribution in [2.45, 2.75) is 73.1 Å². The molecule has 0 aromatic heterocycles. The number of hydrogen-bond donors (Lipinski definition) is 0. The van der Waals surface area contributed by atoms with Gasteiger partial charge in [-0.25, -0.2) is 0 Å². The summed E-state index contributed by atoms with van der Waals surface area (Å²) in [5.41, 5.74) is 3.20. The van der Waals surface area contributed by atoms with Gasteiger partial charge in [-0.2, -0.15) is 0 Å². The summed E-state index contributed by atoms with van der Waals surface area (Å²) < 4.78 is 0. The highest BCUT2D eigenvalue weighted by molar-refractivity contribution is 5.24. The summed E-state index contributed by atoms with van der Waals surface area (Å²) in [6.45, 7) is 15.7. The molecule has 0 spiro atoms. The zero-order valence-corrected chi connectivity index (χ0v) is 15.0. The van der Waals surface area contributed by atoms with E-state index in [2.05, 4.69) is 59.4 Å². The van der Waals surface area contributed by atoms with E-state index < -0.39 is 0 Å². The van der Waals surface area contributed by atoms with E-state index in [0.717, 1.165) is 17.8 Å². The zero-order chi connectivity index (χ0) is 15.8. The van der Waals surface area contributed by atoms with E-state index in [1.54, 1.807) is 5.57 Å². The first kappa shape index (κ1) is 18.3. The molecule has 1 aliphatic carbocycles. The fourth-order valence-corrected chi connectivity index (χ4v) is 3.08. The third-order valence-electron chi connectivity index (χ3n) is 5.53. The molecule has 0 saturated heterocycles. The average molecular weight is 289 g/mol. The third kappa shape index (κ3) is 6.68. The molecular weight excluding hydrogens is 252 g/mol. The highest BCUT2D eigenvalue weighted by Gasteiger charge is 2.16. The van der Waals surface area contributed by atoms with Gasteiger partial charge < -0.3 is 0 Å². The van der Waals surface area contributed by atoms with Gasteiger partial charge in [0.15, 0.2) is 0 Å². The second-order valence-electron chi connectivity index (χ2n) is 7.48. The van der Waals surface area contributed by atoms with Crippen LogP contribution < -0.4 is 0 Å². The fraction of sp³-hybridized carbons (Fsp3) is 0.714. The van der Waals surface area contributed by atoms with Crippen LogP contribution in [0.25, 0.3) is 0 Å². The molecule has 0 aromatic carbocycles. The monoisotopic (exact) mass is 288 g/mol. The Labute approximate surface area is 133 Å². The van der Waals surface area contributed by atoms with E-state index in [-0.39, 0.29) is 0 Å². The maximum Gasteiger partial charge on any atom is -0.0228 e. The van der Waals surface area contributed by atoms with Crippen LogP contribution in [-0.4, -0.2) is 0 Å². The van der Waals surface area contributed by atoms with Gasteiger partial charge >= 0.3 is 0 Å². The maximum atomic E-state index is 3.89. The molecule has 0 nitrogen and oxygen atoms in total. The molecule has 0 heteroatoms. The number of hydrogen-bond acceptors (Lipinski definition) is 0. The molecular formula is C21H36. The van der Waals surface area contributed by atoms with Gasteiger partial charge in [-0.15, -0.1) is 6.58 Å². The molecule has 0 bridgehead atoms. The van der Waals surface area contributed by atoms with Crippen molar-refractivity contribution in [1.29, 1.82) is 0 Å². The minimum atomic E-state index is 0.668. The van der Waals surface area contributed by atoms with Gasteiger partial charge in [-0.3, -0.25) is 0 Å². The lowest BCUT2D eigenvalue weighted by molar-refractivity contribution is 0.309. The van der Waals surface area contributed by atoms with Crippen LogP contribution in [0.5, 0.6) is 0 Å². The van der Waals surface area contributed by atoms with Crippen molar-refractivity contribution in [3.8, 4) is 0 Å². The summed E-state index contributed by atoms with van der Waals surface area (Å²) in [5.74, 6) is 3.10. The molecule has 1 rings (SSSR count). The Morgan fingerprint density at radius 3 is 2.10 bits per heavy atom. The van der Waals surface area contributed by atoms with Crippen molar-refractivity contribution in [2.24, 2.45) is 23.7 Å². The van der Waals surface area contributed by atoms with E-state index in [1.807, 2.05) is 0 Å². The quantitative estimate of drug-likeness (QED) is 0.403. The molecule has 0 heterocycles. The van der Waals surface area contributed by atoms with Crippen LogP contribution in [0.15, 0.2) is 36.0 Å². The minimum absolute atomic E-state index is 0.668. The van der Waals surface area contributed by atoms with Crippen molar-refractivity contribution in [3.63, 3.8) is 0 Å². The predicted octanol–water partition coefficient (Wildman–Crippen LogP) is 6.94. The average Bonchev–Trinajstić information content (AvgIpc) is 2.50. The highest BCUT2D eigenvalue weighted by Crippen LogP contribution is 2.30. The van der Waals surface area contributed by atoms with Crippen molar-refractivity contribution in [3.05, 3.63) is 36.0 Å². The maximum absolute atomic E-state index is 3.89. The van der Waals surface area contributed by atoms with Gasteiger partial charge in [0.05, 0.1) is 0 Å². The van der Waals surface area contributed by atoms with Crippen LogP contribution in [0.2, 0.25) is 0 Å². The zero-order valence-electron chi connectivity index (χ0n) is 15.0. The van der Waals surface area contributed by atoms with Crippen molar-refractivity contribution >= 4 is 0 Å². The molecule has 0 fully saturated rings. The van der Waals surface area contributed by atoms with Gasteiger partial charge in [0.25, 0.3) is 0 Å². The molecule has 4 unspecified atom stereocenters. The summed E-state index contributed by atoms with van der Waals surface area (Å²) in [6, 6.07) is 0. The van der Waals surface area contributed by atoms with Gasteiger partial charge in [0.1, 0.15) is 0 Å². The summed E-state index contributed by atoms with van der Waals surface area (Å²) >= 11 is 0. The Bertz CT molecular complexity index is 371. The largest absolute Gasteiger partial charge is 0.103 e. The van der Waals surface area contributed by atoms with Crippen LogP contribution in [0.1, 0.15) is 73.1 Å². The van der Waals surface area contributed by atoms with E-state index in [4.69, 9.17) is 0 Å². The molecule has 120 valence electrons. The Hall–Kier alpha value is -0.780. The second-order valence-corrected chi connectivity index (χ2v) is 7.48. The Morgan fingerprint density at radius 2 is 1.57 bits per heavy atom. The lowest BCUT2D eigenvalue weighted by Gasteiger charge is -2.24. The van der Waals surface area contributed by atoms with Crippen LogP contribution >= 0.6 is 0 Å². The van der Waals surface area contributed by atoms with E-state index in [9.17, 15) is 0 Å². The van der Waals surface area contributed by atoms with Gasteiger partial charge in [-0.05, 0) is 69.1 Å².